The molecule has 1 fully saturated rings. The highest BCUT2D eigenvalue weighted by molar-refractivity contribution is 6.29. The topological polar surface area (TPSA) is 71.7 Å². The van der Waals surface area contributed by atoms with Gasteiger partial charge in [-0.05, 0) is 11.6 Å². The number of hydrogen-bond acceptors (Lipinski definition) is 6. The van der Waals surface area contributed by atoms with E-state index in [0.29, 0.717) is 55.9 Å². The van der Waals surface area contributed by atoms with Crippen molar-refractivity contribution >= 4 is 23.2 Å². The Kier molecular flexibility index (Phi) is 5.43. The fraction of sp³-hybridized carbons (Fsp3) is 0.533. The van der Waals surface area contributed by atoms with Gasteiger partial charge in [-0.3, -0.25) is 10.1 Å². The predicted octanol–water partition coefficient (Wildman–Crippen LogP) is 2.67. The Morgan fingerprint density at radius 2 is 2.25 bits per heavy atom. The summed E-state index contributed by atoms with van der Waals surface area (Å²) in [7, 11) is 0. The fourth-order valence-electron chi connectivity index (χ4n) is 3.18. The van der Waals surface area contributed by atoms with Crippen molar-refractivity contribution in [3.05, 3.63) is 50.7 Å². The summed E-state index contributed by atoms with van der Waals surface area (Å²) < 4.78 is 5.77. The third-order valence-electron chi connectivity index (χ3n) is 4.19. The Balaban J connectivity index is 1.83. The largest absolute Gasteiger partial charge is 0.357 e. The van der Waals surface area contributed by atoms with Crippen LogP contribution in [0, 0.1) is 10.1 Å². The molecule has 24 heavy (non-hydrogen) atoms. The summed E-state index contributed by atoms with van der Waals surface area (Å²) in [5.41, 5.74) is 1.21. The standard InChI is InChI=1S/C15H18Cl2N4O3/c16-5-8-24-14-4-2-12(21(22)23)15-19(6-7-20(14)15)10-11-1-3-13(17)18-9-11/h1,3,9,14H,2,4-8,10H2. The van der Waals surface area contributed by atoms with Gasteiger partial charge >= 0.3 is 0 Å². The first-order valence-corrected chi connectivity index (χ1v) is 8.68. The summed E-state index contributed by atoms with van der Waals surface area (Å²) in [6, 6.07) is 3.61. The zero-order valence-electron chi connectivity index (χ0n) is 13.0. The average molecular weight is 373 g/mol. The van der Waals surface area contributed by atoms with E-state index in [9.17, 15) is 10.1 Å². The summed E-state index contributed by atoms with van der Waals surface area (Å²) in [5, 5.41) is 11.9. The molecule has 1 aromatic heterocycles. The maximum absolute atomic E-state index is 11.5. The summed E-state index contributed by atoms with van der Waals surface area (Å²) in [6.45, 7) is 2.39. The Morgan fingerprint density at radius 1 is 1.42 bits per heavy atom. The Bertz CT molecular complexity index is 638. The minimum Gasteiger partial charge on any atom is -0.357 e. The normalized spacial score (nSPS) is 20.5. The van der Waals surface area contributed by atoms with Gasteiger partial charge in [0.05, 0.1) is 11.5 Å². The van der Waals surface area contributed by atoms with Crippen molar-refractivity contribution < 1.29 is 9.66 Å². The third-order valence-corrected chi connectivity index (χ3v) is 4.56. The number of fused-ring (bicyclic) bond motifs is 1. The SMILES string of the molecule is O=[N+]([O-])C1=C2N(Cc3ccc(Cl)nc3)CCN2C(OCCCl)CC1. The molecule has 130 valence electrons. The number of halogens is 2. The van der Waals surface area contributed by atoms with E-state index >= 15 is 0 Å². The quantitative estimate of drug-likeness (QED) is 0.331. The van der Waals surface area contributed by atoms with E-state index in [2.05, 4.69) is 4.98 Å². The summed E-state index contributed by atoms with van der Waals surface area (Å²) in [6.07, 6.45) is 2.53. The number of rotatable bonds is 6. The van der Waals surface area contributed by atoms with Gasteiger partial charge in [-0.15, -0.1) is 11.6 Å². The van der Waals surface area contributed by atoms with Crippen LogP contribution >= 0.6 is 23.2 Å². The van der Waals surface area contributed by atoms with Crippen molar-refractivity contribution in [3.8, 4) is 0 Å². The second-order valence-corrected chi connectivity index (χ2v) is 6.45. The first kappa shape index (κ1) is 17.3. The molecule has 0 amide bonds. The molecule has 1 saturated heterocycles. The highest BCUT2D eigenvalue weighted by atomic mass is 35.5. The van der Waals surface area contributed by atoms with Gasteiger partial charge in [0.25, 0.3) is 5.70 Å². The molecule has 2 aliphatic rings. The van der Waals surface area contributed by atoms with Crippen LogP contribution in [0.2, 0.25) is 5.15 Å². The summed E-state index contributed by atoms with van der Waals surface area (Å²) >= 11 is 11.5. The molecule has 0 bridgehead atoms. The lowest BCUT2D eigenvalue weighted by Gasteiger charge is -2.34. The van der Waals surface area contributed by atoms with Crippen molar-refractivity contribution in [2.75, 3.05) is 25.6 Å². The van der Waals surface area contributed by atoms with Gasteiger partial charge < -0.3 is 14.5 Å². The summed E-state index contributed by atoms with van der Waals surface area (Å²) in [4.78, 5) is 19.3. The van der Waals surface area contributed by atoms with Crippen LogP contribution in [0.3, 0.4) is 0 Å². The molecule has 0 aliphatic carbocycles. The van der Waals surface area contributed by atoms with Crippen molar-refractivity contribution in [1.29, 1.82) is 0 Å². The van der Waals surface area contributed by atoms with Crippen LogP contribution in [-0.4, -0.2) is 51.5 Å². The molecule has 0 saturated carbocycles. The van der Waals surface area contributed by atoms with Gasteiger partial charge in [0, 0.05) is 44.6 Å². The number of nitrogens with zero attached hydrogens (tertiary/aromatic N) is 4. The molecule has 0 spiro atoms. The molecule has 0 aromatic carbocycles. The Morgan fingerprint density at radius 3 is 2.92 bits per heavy atom. The van der Waals surface area contributed by atoms with Crippen LogP contribution in [0.25, 0.3) is 0 Å². The lowest BCUT2D eigenvalue weighted by Crippen LogP contribution is -2.40. The third kappa shape index (κ3) is 3.58. The molecule has 1 unspecified atom stereocenters. The molecule has 1 atom stereocenters. The highest BCUT2D eigenvalue weighted by Crippen LogP contribution is 2.34. The molecule has 9 heteroatoms. The van der Waals surface area contributed by atoms with Gasteiger partial charge in [0.2, 0.25) is 0 Å². The van der Waals surface area contributed by atoms with Crippen LogP contribution in [0.1, 0.15) is 18.4 Å². The summed E-state index contributed by atoms with van der Waals surface area (Å²) in [5.74, 6) is 1.06. The molecular weight excluding hydrogens is 355 g/mol. The second-order valence-electron chi connectivity index (χ2n) is 5.68. The van der Waals surface area contributed by atoms with E-state index < -0.39 is 0 Å². The molecule has 1 aromatic rings. The number of ether oxygens (including phenoxy) is 1. The maximum Gasteiger partial charge on any atom is 0.286 e. The molecular formula is C15H18Cl2N4O3. The number of aromatic nitrogens is 1. The van der Waals surface area contributed by atoms with E-state index in [-0.39, 0.29) is 16.8 Å². The van der Waals surface area contributed by atoms with Crippen LogP contribution in [0.4, 0.5) is 0 Å². The first-order chi connectivity index (χ1) is 11.6. The monoisotopic (exact) mass is 372 g/mol. The van der Waals surface area contributed by atoms with Crippen molar-refractivity contribution in [3.63, 3.8) is 0 Å². The van der Waals surface area contributed by atoms with Crippen molar-refractivity contribution in [2.45, 2.75) is 25.6 Å². The smallest absolute Gasteiger partial charge is 0.286 e. The van der Waals surface area contributed by atoms with Crippen LogP contribution in [-0.2, 0) is 11.3 Å². The highest BCUT2D eigenvalue weighted by Gasteiger charge is 2.41. The van der Waals surface area contributed by atoms with E-state index in [4.69, 9.17) is 27.9 Å². The number of nitro groups is 1. The van der Waals surface area contributed by atoms with Crippen molar-refractivity contribution in [1.82, 2.24) is 14.8 Å². The van der Waals surface area contributed by atoms with Gasteiger partial charge in [0.15, 0.2) is 5.82 Å². The molecule has 3 rings (SSSR count). The van der Waals surface area contributed by atoms with Gasteiger partial charge in [-0.2, -0.15) is 0 Å². The number of allylic oxidation sites excluding steroid dienone is 1. The van der Waals surface area contributed by atoms with Crippen molar-refractivity contribution in [2.24, 2.45) is 0 Å². The zero-order valence-corrected chi connectivity index (χ0v) is 14.5. The lowest BCUT2D eigenvalue weighted by atomic mass is 10.1. The van der Waals surface area contributed by atoms with E-state index in [1.54, 1.807) is 12.3 Å². The van der Waals surface area contributed by atoms with E-state index in [0.717, 1.165) is 5.56 Å². The predicted molar refractivity (Wildman–Crippen MR) is 90.1 cm³/mol. The number of pyridine rings is 1. The number of hydrogen-bond donors (Lipinski definition) is 0. The number of alkyl halides is 1. The minimum absolute atomic E-state index is 0.157. The molecule has 0 N–H and O–H groups in total. The molecule has 7 nitrogen and oxygen atoms in total. The van der Waals surface area contributed by atoms with Gasteiger partial charge in [-0.25, -0.2) is 4.98 Å². The van der Waals surface area contributed by atoms with Crippen LogP contribution in [0.15, 0.2) is 29.8 Å². The van der Waals surface area contributed by atoms with Gasteiger partial charge in [0.1, 0.15) is 11.4 Å². The molecule has 2 aliphatic heterocycles. The lowest BCUT2D eigenvalue weighted by molar-refractivity contribution is -0.433. The Labute approximate surface area is 149 Å². The average Bonchev–Trinajstić information content (AvgIpc) is 2.98. The van der Waals surface area contributed by atoms with Crippen LogP contribution in [0.5, 0.6) is 0 Å². The minimum atomic E-state index is -0.279. The zero-order chi connectivity index (χ0) is 17.1. The molecule has 0 radical (unpaired) electrons. The van der Waals surface area contributed by atoms with Crippen LogP contribution < -0.4 is 0 Å². The maximum atomic E-state index is 11.5. The second kappa shape index (κ2) is 7.55. The molecule has 3 heterocycles. The first-order valence-electron chi connectivity index (χ1n) is 7.77. The van der Waals surface area contributed by atoms with E-state index in [1.165, 1.54) is 0 Å². The fourth-order valence-corrected chi connectivity index (χ4v) is 3.38. The van der Waals surface area contributed by atoms with E-state index in [1.807, 2.05) is 15.9 Å². The van der Waals surface area contributed by atoms with Gasteiger partial charge in [-0.1, -0.05) is 17.7 Å². The Hall–Kier alpha value is -1.57.